The molecular formula is C11H11N3O2S. The molecule has 5 nitrogen and oxygen atoms in total. The third-order valence-electron chi connectivity index (χ3n) is 2.01. The van der Waals surface area contributed by atoms with Crippen molar-refractivity contribution in [1.29, 1.82) is 0 Å². The molecule has 88 valence electrons. The normalized spacial score (nSPS) is 11.1. The minimum atomic E-state index is -3.46. The zero-order chi connectivity index (χ0) is 12.1. The van der Waals surface area contributed by atoms with Gasteiger partial charge in [-0.3, -0.25) is 4.72 Å². The summed E-state index contributed by atoms with van der Waals surface area (Å²) in [4.78, 5) is 7.61. The molecule has 1 aromatic carbocycles. The Balaban J connectivity index is 2.11. The van der Waals surface area contributed by atoms with Crippen LogP contribution in [0.4, 0.5) is 5.95 Å². The summed E-state index contributed by atoms with van der Waals surface area (Å²) in [6, 6.07) is 10.6. The van der Waals surface area contributed by atoms with Crippen molar-refractivity contribution >= 4 is 16.0 Å². The predicted molar refractivity (Wildman–Crippen MR) is 64.7 cm³/mol. The molecule has 6 heteroatoms. The number of hydrogen-bond acceptors (Lipinski definition) is 4. The lowest BCUT2D eigenvalue weighted by Crippen LogP contribution is -2.16. The van der Waals surface area contributed by atoms with Crippen molar-refractivity contribution in [2.75, 3.05) is 4.72 Å². The maximum atomic E-state index is 11.8. The van der Waals surface area contributed by atoms with Crippen molar-refractivity contribution in [3.8, 4) is 0 Å². The Labute approximate surface area is 99.6 Å². The smallest absolute Gasteiger partial charge is 0.239 e. The van der Waals surface area contributed by atoms with Gasteiger partial charge in [-0.05, 0) is 11.6 Å². The first-order valence-electron chi connectivity index (χ1n) is 4.97. The first-order valence-corrected chi connectivity index (χ1v) is 6.62. The zero-order valence-electron chi connectivity index (χ0n) is 8.95. The predicted octanol–water partition coefficient (Wildman–Crippen LogP) is 1.42. The van der Waals surface area contributed by atoms with E-state index < -0.39 is 10.0 Å². The molecule has 0 atom stereocenters. The molecule has 17 heavy (non-hydrogen) atoms. The van der Waals surface area contributed by atoms with E-state index in [1.165, 1.54) is 12.4 Å². The Morgan fingerprint density at radius 2 is 1.65 bits per heavy atom. The Morgan fingerprint density at radius 1 is 1.00 bits per heavy atom. The molecule has 0 bridgehead atoms. The van der Waals surface area contributed by atoms with Crippen LogP contribution in [-0.2, 0) is 15.8 Å². The third-order valence-corrected chi connectivity index (χ3v) is 3.22. The van der Waals surface area contributed by atoms with E-state index in [0.29, 0.717) is 0 Å². The van der Waals surface area contributed by atoms with Crippen molar-refractivity contribution in [2.24, 2.45) is 0 Å². The molecule has 1 N–H and O–H groups in total. The largest absolute Gasteiger partial charge is 0.251 e. The standard InChI is InChI=1S/C11H11N3O2S/c15-17(16,9-10-5-2-1-3-6-10)14-11-12-7-4-8-13-11/h1-8H,9H2,(H,12,13,14). The molecular weight excluding hydrogens is 238 g/mol. The second-order valence-corrected chi connectivity index (χ2v) is 5.14. The first kappa shape index (κ1) is 11.5. The Kier molecular flexibility index (Phi) is 3.34. The van der Waals surface area contributed by atoms with Crippen LogP contribution in [0.25, 0.3) is 0 Å². The highest BCUT2D eigenvalue weighted by Crippen LogP contribution is 2.07. The maximum Gasteiger partial charge on any atom is 0.239 e. The van der Waals surface area contributed by atoms with E-state index in [-0.39, 0.29) is 11.7 Å². The minimum Gasteiger partial charge on any atom is -0.251 e. The van der Waals surface area contributed by atoms with Crippen molar-refractivity contribution in [3.05, 3.63) is 54.4 Å². The van der Waals surface area contributed by atoms with E-state index in [4.69, 9.17) is 0 Å². The van der Waals surface area contributed by atoms with Crippen LogP contribution in [-0.4, -0.2) is 18.4 Å². The number of nitrogens with zero attached hydrogens (tertiary/aromatic N) is 2. The van der Waals surface area contributed by atoms with Gasteiger partial charge in [-0.2, -0.15) is 0 Å². The second-order valence-electron chi connectivity index (χ2n) is 3.42. The maximum absolute atomic E-state index is 11.8. The van der Waals surface area contributed by atoms with Gasteiger partial charge in [0.15, 0.2) is 0 Å². The monoisotopic (exact) mass is 249 g/mol. The number of aromatic nitrogens is 2. The van der Waals surface area contributed by atoms with Crippen LogP contribution in [0.15, 0.2) is 48.8 Å². The van der Waals surface area contributed by atoms with Crippen LogP contribution in [0.5, 0.6) is 0 Å². The lowest BCUT2D eigenvalue weighted by molar-refractivity contribution is 0.600. The second kappa shape index (κ2) is 4.92. The fourth-order valence-corrected chi connectivity index (χ4v) is 2.41. The molecule has 1 aromatic heterocycles. The quantitative estimate of drug-likeness (QED) is 0.889. The number of hydrogen-bond donors (Lipinski definition) is 1. The summed E-state index contributed by atoms with van der Waals surface area (Å²) in [7, 11) is -3.46. The van der Waals surface area contributed by atoms with E-state index in [1.54, 1.807) is 30.3 Å². The summed E-state index contributed by atoms with van der Waals surface area (Å²) >= 11 is 0. The summed E-state index contributed by atoms with van der Waals surface area (Å²) in [5.74, 6) is -0.00467. The summed E-state index contributed by atoms with van der Waals surface area (Å²) in [5.41, 5.74) is 0.718. The summed E-state index contributed by atoms with van der Waals surface area (Å²) in [5, 5.41) is 0. The minimum absolute atomic E-state index is 0.0865. The third kappa shape index (κ3) is 3.53. The van der Waals surface area contributed by atoms with Gasteiger partial charge in [-0.1, -0.05) is 30.3 Å². The average molecular weight is 249 g/mol. The van der Waals surface area contributed by atoms with Gasteiger partial charge >= 0.3 is 0 Å². The molecule has 1 heterocycles. The van der Waals surface area contributed by atoms with Crippen molar-refractivity contribution in [1.82, 2.24) is 9.97 Å². The fourth-order valence-electron chi connectivity index (χ4n) is 1.32. The van der Waals surface area contributed by atoms with Crippen LogP contribution < -0.4 is 4.72 Å². The molecule has 0 saturated carbocycles. The van der Waals surface area contributed by atoms with Crippen LogP contribution >= 0.6 is 0 Å². The lowest BCUT2D eigenvalue weighted by atomic mass is 10.2. The first-order chi connectivity index (χ1) is 8.16. The van der Waals surface area contributed by atoms with Gasteiger partial charge in [0.05, 0.1) is 5.75 Å². The van der Waals surface area contributed by atoms with E-state index in [1.807, 2.05) is 6.07 Å². The highest BCUT2D eigenvalue weighted by Gasteiger charge is 2.12. The molecule has 0 unspecified atom stereocenters. The molecule has 0 saturated heterocycles. The zero-order valence-corrected chi connectivity index (χ0v) is 9.76. The molecule has 2 rings (SSSR count). The average Bonchev–Trinajstić information content (AvgIpc) is 2.30. The van der Waals surface area contributed by atoms with Gasteiger partial charge in [0, 0.05) is 12.4 Å². The van der Waals surface area contributed by atoms with Crippen LogP contribution in [0.1, 0.15) is 5.56 Å². The van der Waals surface area contributed by atoms with Gasteiger partial charge < -0.3 is 0 Å². The van der Waals surface area contributed by atoms with Crippen LogP contribution in [0.3, 0.4) is 0 Å². The van der Waals surface area contributed by atoms with Crippen LogP contribution in [0, 0.1) is 0 Å². The number of sulfonamides is 1. The van der Waals surface area contributed by atoms with Crippen molar-refractivity contribution < 1.29 is 8.42 Å². The molecule has 0 fully saturated rings. The van der Waals surface area contributed by atoms with E-state index >= 15 is 0 Å². The fraction of sp³-hybridized carbons (Fsp3) is 0.0909. The van der Waals surface area contributed by atoms with E-state index in [0.717, 1.165) is 5.56 Å². The molecule has 0 aliphatic heterocycles. The highest BCUT2D eigenvalue weighted by atomic mass is 32.2. The highest BCUT2D eigenvalue weighted by molar-refractivity contribution is 7.91. The molecule has 0 aliphatic carbocycles. The SMILES string of the molecule is O=S(=O)(Cc1ccccc1)Nc1ncccn1. The van der Waals surface area contributed by atoms with Gasteiger partial charge in [0.2, 0.25) is 16.0 Å². The Hall–Kier alpha value is -1.95. The summed E-state index contributed by atoms with van der Waals surface area (Å²) in [6.45, 7) is 0. The van der Waals surface area contributed by atoms with Crippen molar-refractivity contribution in [3.63, 3.8) is 0 Å². The van der Waals surface area contributed by atoms with Gasteiger partial charge in [0.1, 0.15) is 0 Å². The molecule has 0 radical (unpaired) electrons. The van der Waals surface area contributed by atoms with Gasteiger partial charge in [-0.25, -0.2) is 18.4 Å². The number of anilines is 1. The topological polar surface area (TPSA) is 72.0 Å². The Morgan fingerprint density at radius 3 is 2.29 bits per heavy atom. The van der Waals surface area contributed by atoms with Crippen LogP contribution in [0.2, 0.25) is 0 Å². The number of nitrogens with one attached hydrogen (secondary N) is 1. The molecule has 0 spiro atoms. The van der Waals surface area contributed by atoms with Gasteiger partial charge in [0.25, 0.3) is 0 Å². The van der Waals surface area contributed by atoms with Crippen molar-refractivity contribution in [2.45, 2.75) is 5.75 Å². The summed E-state index contributed by atoms with van der Waals surface area (Å²) < 4.78 is 25.9. The number of benzene rings is 1. The number of rotatable bonds is 4. The van der Waals surface area contributed by atoms with E-state index in [2.05, 4.69) is 14.7 Å². The molecule has 2 aromatic rings. The van der Waals surface area contributed by atoms with E-state index in [9.17, 15) is 8.42 Å². The Bertz CT molecular complexity index is 523. The molecule has 0 amide bonds. The van der Waals surface area contributed by atoms with Gasteiger partial charge in [-0.15, -0.1) is 0 Å². The lowest BCUT2D eigenvalue weighted by Gasteiger charge is -2.05. The molecule has 0 aliphatic rings. The summed E-state index contributed by atoms with van der Waals surface area (Å²) in [6.07, 6.45) is 2.96.